The Morgan fingerprint density at radius 1 is 0.690 bits per heavy atom. The average Bonchev–Trinajstić information content (AvgIpc) is 2.73. The Morgan fingerprint density at radius 2 is 1.21 bits per heavy atom. The van der Waals surface area contributed by atoms with Gasteiger partial charge in [0.25, 0.3) is 0 Å². The van der Waals surface area contributed by atoms with Crippen LogP contribution >= 0.6 is 0 Å². The van der Waals surface area contributed by atoms with Crippen LogP contribution in [-0.2, 0) is 0 Å². The Labute approximate surface area is 174 Å². The van der Waals surface area contributed by atoms with Crippen LogP contribution in [0.3, 0.4) is 0 Å². The minimum Gasteiger partial charge on any atom is -0.485 e. The topological polar surface area (TPSA) is 18.5 Å². The molecule has 0 saturated heterocycles. The van der Waals surface area contributed by atoms with Crippen molar-refractivity contribution < 1.29 is 9.47 Å². The highest BCUT2D eigenvalue weighted by Gasteiger charge is 2.12. The van der Waals surface area contributed by atoms with Crippen LogP contribution < -0.4 is 9.47 Å². The summed E-state index contributed by atoms with van der Waals surface area (Å²) in [6.45, 7) is 9.08. The van der Waals surface area contributed by atoms with Gasteiger partial charge in [-0.15, -0.1) is 0 Å². The zero-order valence-electron chi connectivity index (χ0n) is 17.8. The highest BCUT2D eigenvalue weighted by atomic mass is 16.5. The number of rotatable bonds is 8. The molecule has 2 nitrogen and oxygen atoms in total. The van der Waals surface area contributed by atoms with Crippen molar-refractivity contribution in [2.75, 3.05) is 6.61 Å². The lowest BCUT2D eigenvalue weighted by atomic mass is 10.0. The fourth-order valence-electron chi connectivity index (χ4n) is 3.27. The molecule has 0 saturated carbocycles. The normalized spacial score (nSPS) is 11.7. The van der Waals surface area contributed by atoms with Crippen LogP contribution in [0.4, 0.5) is 0 Å². The molecule has 0 radical (unpaired) electrons. The summed E-state index contributed by atoms with van der Waals surface area (Å²) >= 11 is 0. The molecule has 0 amide bonds. The van der Waals surface area contributed by atoms with E-state index in [4.69, 9.17) is 9.47 Å². The first-order valence-corrected chi connectivity index (χ1v) is 10.3. The molecular formula is C27H30O2. The van der Waals surface area contributed by atoms with E-state index in [0.29, 0.717) is 18.4 Å². The molecule has 0 N–H and O–H groups in total. The molecule has 0 spiro atoms. The summed E-state index contributed by atoms with van der Waals surface area (Å²) in [6, 6.07) is 26.6. The van der Waals surface area contributed by atoms with Crippen molar-refractivity contribution in [2.45, 2.75) is 39.5 Å². The van der Waals surface area contributed by atoms with Crippen molar-refractivity contribution in [3.63, 3.8) is 0 Å². The second kappa shape index (κ2) is 9.97. The third-order valence-electron chi connectivity index (χ3n) is 4.82. The van der Waals surface area contributed by atoms with Gasteiger partial charge in [-0.3, -0.25) is 0 Å². The lowest BCUT2D eigenvalue weighted by Crippen LogP contribution is -2.10. The molecular weight excluding hydrogens is 356 g/mol. The third kappa shape index (κ3) is 5.74. The summed E-state index contributed by atoms with van der Waals surface area (Å²) in [4.78, 5) is 0. The van der Waals surface area contributed by atoms with Gasteiger partial charge >= 0.3 is 0 Å². The first-order chi connectivity index (χ1) is 14.0. The second-order valence-corrected chi connectivity index (χ2v) is 7.80. The number of para-hydroxylation sites is 2. The van der Waals surface area contributed by atoms with Crippen molar-refractivity contribution in [2.24, 2.45) is 0 Å². The standard InChI is InChI=1S/C27H30O2/c1-20(2)24-14-8-10-16-26(24)28-19-23(18-22-12-6-5-7-13-22)29-27-17-11-9-15-25(27)21(3)4/h5-18,20-21H,19H2,1-4H3/b23-18+. The van der Waals surface area contributed by atoms with Crippen LogP contribution in [0.1, 0.15) is 56.2 Å². The number of hydrogen-bond acceptors (Lipinski definition) is 2. The summed E-state index contributed by atoms with van der Waals surface area (Å²) in [5.41, 5.74) is 3.48. The van der Waals surface area contributed by atoms with Gasteiger partial charge in [0, 0.05) is 0 Å². The van der Waals surface area contributed by atoms with Crippen molar-refractivity contribution >= 4 is 6.08 Å². The van der Waals surface area contributed by atoms with Gasteiger partial charge in [-0.05, 0) is 46.7 Å². The Balaban J connectivity index is 1.88. The number of hydrogen-bond donors (Lipinski definition) is 0. The van der Waals surface area contributed by atoms with Gasteiger partial charge < -0.3 is 9.47 Å². The van der Waals surface area contributed by atoms with Gasteiger partial charge in [-0.2, -0.15) is 0 Å². The molecule has 3 aromatic carbocycles. The van der Waals surface area contributed by atoms with E-state index in [1.807, 2.05) is 42.5 Å². The molecule has 0 heterocycles. The highest BCUT2D eigenvalue weighted by Crippen LogP contribution is 2.29. The van der Waals surface area contributed by atoms with Crippen LogP contribution in [0.25, 0.3) is 6.08 Å². The van der Waals surface area contributed by atoms with Gasteiger partial charge in [0.05, 0.1) is 0 Å². The van der Waals surface area contributed by atoms with Gasteiger partial charge in [-0.1, -0.05) is 94.4 Å². The monoisotopic (exact) mass is 386 g/mol. The molecule has 150 valence electrons. The molecule has 0 atom stereocenters. The smallest absolute Gasteiger partial charge is 0.146 e. The van der Waals surface area contributed by atoms with Gasteiger partial charge in [0.15, 0.2) is 0 Å². The maximum atomic E-state index is 6.37. The Bertz CT molecular complexity index is 940. The van der Waals surface area contributed by atoms with Crippen molar-refractivity contribution in [1.82, 2.24) is 0 Å². The fourth-order valence-corrected chi connectivity index (χ4v) is 3.27. The van der Waals surface area contributed by atoms with E-state index < -0.39 is 0 Å². The van der Waals surface area contributed by atoms with Crippen LogP contribution in [0, 0.1) is 0 Å². The molecule has 0 fully saturated rings. The average molecular weight is 387 g/mol. The molecule has 0 aliphatic carbocycles. The highest BCUT2D eigenvalue weighted by molar-refractivity contribution is 5.52. The van der Waals surface area contributed by atoms with E-state index >= 15 is 0 Å². The minimum atomic E-state index is 0.366. The first-order valence-electron chi connectivity index (χ1n) is 10.3. The Kier molecular flexibility index (Phi) is 7.13. The van der Waals surface area contributed by atoms with Gasteiger partial charge in [0.1, 0.15) is 23.9 Å². The molecule has 0 aliphatic heterocycles. The zero-order chi connectivity index (χ0) is 20.6. The summed E-state index contributed by atoms with van der Waals surface area (Å²) in [7, 11) is 0. The number of benzene rings is 3. The van der Waals surface area contributed by atoms with Gasteiger partial charge in [0.2, 0.25) is 0 Å². The molecule has 2 heteroatoms. The lowest BCUT2D eigenvalue weighted by Gasteiger charge is -2.18. The third-order valence-corrected chi connectivity index (χ3v) is 4.82. The molecule has 0 aliphatic rings. The van der Waals surface area contributed by atoms with Gasteiger partial charge in [-0.25, -0.2) is 0 Å². The maximum absolute atomic E-state index is 6.37. The van der Waals surface area contributed by atoms with E-state index in [1.165, 1.54) is 11.1 Å². The van der Waals surface area contributed by atoms with E-state index in [9.17, 15) is 0 Å². The molecule has 3 aromatic rings. The van der Waals surface area contributed by atoms with Crippen molar-refractivity contribution in [3.05, 3.63) is 101 Å². The summed E-state index contributed by atoms with van der Waals surface area (Å²) < 4.78 is 12.6. The molecule has 0 aromatic heterocycles. The van der Waals surface area contributed by atoms with Crippen molar-refractivity contribution in [3.8, 4) is 11.5 Å². The first kappa shape index (κ1) is 20.7. The summed E-state index contributed by atoms with van der Waals surface area (Å²) in [5.74, 6) is 3.34. The molecule has 3 rings (SSSR count). The molecule has 29 heavy (non-hydrogen) atoms. The predicted octanol–water partition coefficient (Wildman–Crippen LogP) is 7.43. The van der Waals surface area contributed by atoms with Crippen molar-refractivity contribution in [1.29, 1.82) is 0 Å². The van der Waals surface area contributed by atoms with E-state index in [0.717, 1.165) is 22.8 Å². The summed E-state index contributed by atoms with van der Waals surface area (Å²) in [5, 5.41) is 0. The lowest BCUT2D eigenvalue weighted by molar-refractivity contribution is 0.279. The molecule has 0 bridgehead atoms. The van der Waals surface area contributed by atoms with Crippen LogP contribution in [-0.4, -0.2) is 6.61 Å². The minimum absolute atomic E-state index is 0.366. The maximum Gasteiger partial charge on any atom is 0.146 e. The quantitative estimate of drug-likeness (QED) is 0.375. The van der Waals surface area contributed by atoms with Crippen LogP contribution in [0.15, 0.2) is 84.6 Å². The van der Waals surface area contributed by atoms with E-state index in [-0.39, 0.29) is 0 Å². The molecule has 0 unspecified atom stereocenters. The van der Waals surface area contributed by atoms with Crippen LogP contribution in [0.5, 0.6) is 11.5 Å². The van der Waals surface area contributed by atoms with E-state index in [2.05, 4.69) is 70.2 Å². The predicted molar refractivity (Wildman–Crippen MR) is 122 cm³/mol. The largest absolute Gasteiger partial charge is 0.485 e. The Hall–Kier alpha value is -3.00. The Morgan fingerprint density at radius 3 is 1.83 bits per heavy atom. The second-order valence-electron chi connectivity index (χ2n) is 7.80. The SMILES string of the molecule is CC(C)c1ccccc1OC/C(=C\c1ccccc1)Oc1ccccc1C(C)C. The zero-order valence-corrected chi connectivity index (χ0v) is 17.8. The van der Waals surface area contributed by atoms with E-state index in [1.54, 1.807) is 0 Å². The van der Waals surface area contributed by atoms with Crippen LogP contribution in [0.2, 0.25) is 0 Å². The fraction of sp³-hybridized carbons (Fsp3) is 0.259. The number of ether oxygens (including phenoxy) is 2. The summed E-state index contributed by atoms with van der Waals surface area (Å²) in [6.07, 6.45) is 2.05.